The van der Waals surface area contributed by atoms with E-state index in [-0.39, 0.29) is 25.4 Å². The number of aromatic nitrogens is 2. The highest BCUT2D eigenvalue weighted by molar-refractivity contribution is 5.78. The standard InChI is InChI=1S/C16H23N3O5/c20-14(19-7-8-23-10-12(19)9-15(21)22)6-5-13-17-16(18-24-13)11-3-1-2-4-11/h11-12H,1-10H2,(H,21,22). The Labute approximate surface area is 140 Å². The topological polar surface area (TPSA) is 106 Å². The third-order valence-corrected chi connectivity index (χ3v) is 4.71. The van der Waals surface area contributed by atoms with Crippen molar-refractivity contribution in [1.29, 1.82) is 0 Å². The van der Waals surface area contributed by atoms with Gasteiger partial charge < -0.3 is 19.3 Å². The van der Waals surface area contributed by atoms with E-state index in [0.717, 1.165) is 18.7 Å². The molecule has 3 rings (SSSR count). The van der Waals surface area contributed by atoms with Crippen LogP contribution >= 0.6 is 0 Å². The minimum Gasteiger partial charge on any atom is -0.481 e. The Morgan fingerprint density at radius 3 is 2.83 bits per heavy atom. The number of morpholine rings is 1. The maximum Gasteiger partial charge on any atom is 0.305 e. The number of rotatable bonds is 6. The summed E-state index contributed by atoms with van der Waals surface area (Å²) in [6, 6.07) is -0.402. The summed E-state index contributed by atoms with van der Waals surface area (Å²) in [7, 11) is 0. The van der Waals surface area contributed by atoms with Gasteiger partial charge in [0.1, 0.15) is 0 Å². The van der Waals surface area contributed by atoms with Gasteiger partial charge in [0.05, 0.1) is 25.7 Å². The molecular weight excluding hydrogens is 314 g/mol. The monoisotopic (exact) mass is 337 g/mol. The molecule has 0 aromatic carbocycles. The zero-order chi connectivity index (χ0) is 16.9. The molecule has 1 N–H and O–H groups in total. The fraction of sp³-hybridized carbons (Fsp3) is 0.750. The van der Waals surface area contributed by atoms with Crippen molar-refractivity contribution in [3.05, 3.63) is 11.7 Å². The molecule has 1 aliphatic carbocycles. The normalized spacial score (nSPS) is 22.0. The van der Waals surface area contributed by atoms with Crippen LogP contribution in [0.5, 0.6) is 0 Å². The summed E-state index contributed by atoms with van der Waals surface area (Å²) >= 11 is 0. The number of aliphatic carboxylic acids is 1. The fourth-order valence-corrected chi connectivity index (χ4v) is 3.43. The third kappa shape index (κ3) is 4.11. The minimum absolute atomic E-state index is 0.0924. The molecule has 8 nitrogen and oxygen atoms in total. The Morgan fingerprint density at radius 2 is 2.08 bits per heavy atom. The first-order valence-electron chi connectivity index (χ1n) is 8.55. The largest absolute Gasteiger partial charge is 0.481 e. The molecule has 8 heteroatoms. The second-order valence-corrected chi connectivity index (χ2v) is 6.44. The van der Waals surface area contributed by atoms with E-state index in [2.05, 4.69) is 10.1 Å². The smallest absolute Gasteiger partial charge is 0.305 e. The number of aryl methyl sites for hydroxylation is 1. The summed E-state index contributed by atoms with van der Waals surface area (Å²) in [5.41, 5.74) is 0. The molecule has 2 heterocycles. The predicted octanol–water partition coefficient (Wildman–Crippen LogP) is 1.36. The molecule has 1 unspecified atom stereocenters. The van der Waals surface area contributed by atoms with Crippen LogP contribution in [0.15, 0.2) is 4.52 Å². The van der Waals surface area contributed by atoms with Crippen LogP contribution < -0.4 is 0 Å². The van der Waals surface area contributed by atoms with Crippen molar-refractivity contribution < 1.29 is 24.0 Å². The number of carboxylic acid groups (broad SMARTS) is 1. The minimum atomic E-state index is -0.929. The summed E-state index contributed by atoms with van der Waals surface area (Å²) in [6.45, 7) is 1.13. The van der Waals surface area contributed by atoms with Gasteiger partial charge in [-0.2, -0.15) is 4.98 Å². The number of hydrogen-bond donors (Lipinski definition) is 1. The molecule has 0 radical (unpaired) electrons. The SMILES string of the molecule is O=C(O)CC1COCCN1C(=O)CCc1nc(C2CCCC2)no1. The maximum atomic E-state index is 12.4. The van der Waals surface area contributed by atoms with E-state index in [1.54, 1.807) is 4.90 Å². The molecular formula is C16H23N3O5. The number of hydrogen-bond acceptors (Lipinski definition) is 6. The van der Waals surface area contributed by atoms with E-state index >= 15 is 0 Å². The molecule has 2 fully saturated rings. The quantitative estimate of drug-likeness (QED) is 0.835. The van der Waals surface area contributed by atoms with Gasteiger partial charge in [-0.3, -0.25) is 9.59 Å². The molecule has 132 valence electrons. The van der Waals surface area contributed by atoms with Crippen LogP contribution in [0.4, 0.5) is 0 Å². The number of amides is 1. The van der Waals surface area contributed by atoms with E-state index < -0.39 is 12.0 Å². The number of nitrogens with zero attached hydrogens (tertiary/aromatic N) is 3. The Bertz CT molecular complexity index is 582. The van der Waals surface area contributed by atoms with Gasteiger partial charge in [0.15, 0.2) is 5.82 Å². The molecule has 0 bridgehead atoms. The van der Waals surface area contributed by atoms with Crippen LogP contribution in [0.1, 0.15) is 56.2 Å². The maximum absolute atomic E-state index is 12.4. The third-order valence-electron chi connectivity index (χ3n) is 4.71. The highest BCUT2D eigenvalue weighted by Crippen LogP contribution is 2.32. The van der Waals surface area contributed by atoms with Gasteiger partial charge in [-0.1, -0.05) is 18.0 Å². The van der Waals surface area contributed by atoms with E-state index in [1.165, 1.54) is 12.8 Å². The van der Waals surface area contributed by atoms with Gasteiger partial charge in [-0.05, 0) is 12.8 Å². The van der Waals surface area contributed by atoms with Crippen molar-refractivity contribution in [2.45, 2.75) is 56.9 Å². The van der Waals surface area contributed by atoms with Crippen LogP contribution in [0.3, 0.4) is 0 Å². The van der Waals surface area contributed by atoms with Crippen LogP contribution in [-0.4, -0.2) is 57.8 Å². The highest BCUT2D eigenvalue weighted by atomic mass is 16.5. The molecule has 1 aromatic rings. The first kappa shape index (κ1) is 16.9. The Balaban J connectivity index is 1.53. The molecule has 0 spiro atoms. The second kappa shape index (κ2) is 7.74. The van der Waals surface area contributed by atoms with Gasteiger partial charge >= 0.3 is 5.97 Å². The Kier molecular flexibility index (Phi) is 5.44. The predicted molar refractivity (Wildman–Crippen MR) is 82.4 cm³/mol. The number of ether oxygens (including phenoxy) is 1. The van der Waals surface area contributed by atoms with Crippen molar-refractivity contribution in [1.82, 2.24) is 15.0 Å². The molecule has 1 aromatic heterocycles. The molecule has 1 saturated heterocycles. The summed E-state index contributed by atoms with van der Waals surface area (Å²) in [6.07, 6.45) is 5.13. The van der Waals surface area contributed by atoms with Crippen molar-refractivity contribution in [2.24, 2.45) is 0 Å². The van der Waals surface area contributed by atoms with Crippen LogP contribution in [0.25, 0.3) is 0 Å². The molecule has 1 amide bonds. The van der Waals surface area contributed by atoms with Crippen molar-refractivity contribution in [3.8, 4) is 0 Å². The van der Waals surface area contributed by atoms with Crippen molar-refractivity contribution in [2.75, 3.05) is 19.8 Å². The Hall–Kier alpha value is -1.96. The van der Waals surface area contributed by atoms with E-state index in [9.17, 15) is 9.59 Å². The lowest BCUT2D eigenvalue weighted by Crippen LogP contribution is -2.49. The Morgan fingerprint density at radius 1 is 1.29 bits per heavy atom. The summed E-state index contributed by atoms with van der Waals surface area (Å²) in [5.74, 6) is 0.599. The van der Waals surface area contributed by atoms with E-state index in [4.69, 9.17) is 14.4 Å². The zero-order valence-electron chi connectivity index (χ0n) is 13.6. The van der Waals surface area contributed by atoms with E-state index in [1.807, 2.05) is 0 Å². The molecule has 1 atom stereocenters. The van der Waals surface area contributed by atoms with Gasteiger partial charge in [0.25, 0.3) is 0 Å². The summed E-state index contributed by atoms with van der Waals surface area (Å²) in [4.78, 5) is 29.3. The van der Waals surface area contributed by atoms with Crippen molar-refractivity contribution >= 4 is 11.9 Å². The lowest BCUT2D eigenvalue weighted by atomic mass is 10.1. The van der Waals surface area contributed by atoms with Crippen LogP contribution in [0, 0.1) is 0 Å². The van der Waals surface area contributed by atoms with Crippen molar-refractivity contribution in [3.63, 3.8) is 0 Å². The van der Waals surface area contributed by atoms with Crippen LogP contribution in [0.2, 0.25) is 0 Å². The summed E-state index contributed by atoms with van der Waals surface area (Å²) in [5, 5.41) is 13.0. The molecule has 24 heavy (non-hydrogen) atoms. The van der Waals surface area contributed by atoms with E-state index in [0.29, 0.717) is 31.4 Å². The highest BCUT2D eigenvalue weighted by Gasteiger charge is 2.29. The average Bonchev–Trinajstić information content (AvgIpc) is 3.24. The second-order valence-electron chi connectivity index (χ2n) is 6.44. The van der Waals surface area contributed by atoms with Gasteiger partial charge in [-0.25, -0.2) is 0 Å². The lowest BCUT2D eigenvalue weighted by molar-refractivity contribution is -0.146. The number of carbonyl (C=O) groups is 2. The zero-order valence-corrected chi connectivity index (χ0v) is 13.6. The molecule has 1 aliphatic heterocycles. The fourth-order valence-electron chi connectivity index (χ4n) is 3.43. The first-order chi connectivity index (χ1) is 11.6. The summed E-state index contributed by atoms with van der Waals surface area (Å²) < 4.78 is 10.5. The van der Waals surface area contributed by atoms with Gasteiger partial charge in [-0.15, -0.1) is 0 Å². The molecule has 1 saturated carbocycles. The van der Waals surface area contributed by atoms with Gasteiger partial charge in [0.2, 0.25) is 11.8 Å². The number of carboxylic acids is 1. The average molecular weight is 337 g/mol. The first-order valence-corrected chi connectivity index (χ1v) is 8.55. The lowest BCUT2D eigenvalue weighted by Gasteiger charge is -2.34. The van der Waals surface area contributed by atoms with Crippen LogP contribution in [-0.2, 0) is 20.7 Å². The number of carbonyl (C=O) groups excluding carboxylic acids is 1. The molecule has 2 aliphatic rings. The van der Waals surface area contributed by atoms with Gasteiger partial charge in [0, 0.05) is 25.3 Å².